The van der Waals surface area contributed by atoms with Gasteiger partial charge in [-0.3, -0.25) is 0 Å². The van der Waals surface area contributed by atoms with Crippen molar-refractivity contribution in [1.29, 1.82) is 0 Å². The van der Waals surface area contributed by atoms with E-state index in [-0.39, 0.29) is 0 Å². The molecule has 3 N–H and O–H groups in total. The largest absolute Gasteiger partial charge is 0.399 e. The predicted molar refractivity (Wildman–Crippen MR) is 81.0 cm³/mol. The molecule has 0 bridgehead atoms. The molecule has 0 aliphatic carbocycles. The molecule has 3 aromatic rings. The topological polar surface area (TPSA) is 68.2 Å². The summed E-state index contributed by atoms with van der Waals surface area (Å²) in [5.41, 5.74) is 8.42. The SMILES string of the molecule is Nc1ccc(CCNc2nc3ccc(Cl)cn3n2)cc1. The van der Waals surface area contributed by atoms with Gasteiger partial charge in [-0.05, 0) is 36.2 Å². The van der Waals surface area contributed by atoms with E-state index in [0.29, 0.717) is 11.0 Å². The Kier molecular flexibility index (Phi) is 3.43. The fourth-order valence-corrected chi connectivity index (χ4v) is 2.09. The highest BCUT2D eigenvalue weighted by Crippen LogP contribution is 2.11. The van der Waals surface area contributed by atoms with Gasteiger partial charge in [0.2, 0.25) is 5.95 Å². The Hall–Kier alpha value is -2.27. The average Bonchev–Trinajstić information content (AvgIpc) is 2.83. The maximum absolute atomic E-state index is 5.91. The summed E-state index contributed by atoms with van der Waals surface area (Å²) >= 11 is 5.91. The minimum absolute atomic E-state index is 0.600. The van der Waals surface area contributed by atoms with Crippen molar-refractivity contribution in [2.75, 3.05) is 17.6 Å². The Morgan fingerprint density at radius 3 is 2.75 bits per heavy atom. The lowest BCUT2D eigenvalue weighted by Crippen LogP contribution is -2.06. The van der Waals surface area contributed by atoms with Crippen LogP contribution >= 0.6 is 11.6 Å². The molecule has 0 spiro atoms. The molecule has 0 fully saturated rings. The second-order valence-corrected chi connectivity index (χ2v) is 4.94. The van der Waals surface area contributed by atoms with Crippen molar-refractivity contribution in [1.82, 2.24) is 14.6 Å². The summed E-state index contributed by atoms with van der Waals surface area (Å²) in [6.45, 7) is 0.758. The second-order valence-electron chi connectivity index (χ2n) is 4.50. The molecular formula is C14H14ClN5. The summed E-state index contributed by atoms with van der Waals surface area (Å²) in [4.78, 5) is 4.36. The molecular weight excluding hydrogens is 274 g/mol. The number of rotatable bonds is 4. The van der Waals surface area contributed by atoms with Gasteiger partial charge in [-0.1, -0.05) is 23.7 Å². The molecule has 2 heterocycles. The maximum Gasteiger partial charge on any atom is 0.243 e. The molecule has 1 aromatic carbocycles. The highest BCUT2D eigenvalue weighted by molar-refractivity contribution is 6.30. The number of fused-ring (bicyclic) bond motifs is 1. The van der Waals surface area contributed by atoms with E-state index in [0.717, 1.165) is 24.3 Å². The number of nitrogens with one attached hydrogen (secondary N) is 1. The average molecular weight is 288 g/mol. The van der Waals surface area contributed by atoms with E-state index in [9.17, 15) is 0 Å². The van der Waals surface area contributed by atoms with Gasteiger partial charge >= 0.3 is 0 Å². The predicted octanol–water partition coefficient (Wildman–Crippen LogP) is 2.62. The standard InChI is InChI=1S/C14H14ClN5/c15-11-3-6-13-18-14(19-20(13)9-11)17-8-7-10-1-4-12(16)5-2-10/h1-6,9H,7-8,16H2,(H,17,19). The minimum Gasteiger partial charge on any atom is -0.399 e. The number of aromatic nitrogens is 3. The third-order valence-electron chi connectivity index (χ3n) is 2.97. The molecule has 2 aromatic heterocycles. The maximum atomic E-state index is 5.91. The van der Waals surface area contributed by atoms with E-state index < -0.39 is 0 Å². The van der Waals surface area contributed by atoms with Crippen molar-refractivity contribution in [2.45, 2.75) is 6.42 Å². The summed E-state index contributed by atoms with van der Waals surface area (Å²) in [5, 5.41) is 8.14. The van der Waals surface area contributed by atoms with E-state index in [1.54, 1.807) is 16.8 Å². The second kappa shape index (κ2) is 5.38. The molecule has 5 nitrogen and oxygen atoms in total. The molecule has 3 rings (SSSR count). The van der Waals surface area contributed by atoms with E-state index in [1.807, 2.05) is 30.3 Å². The summed E-state index contributed by atoms with van der Waals surface area (Å²) < 4.78 is 1.66. The molecule has 0 amide bonds. The summed E-state index contributed by atoms with van der Waals surface area (Å²) in [7, 11) is 0. The molecule has 0 atom stereocenters. The van der Waals surface area contributed by atoms with Gasteiger partial charge in [0.1, 0.15) is 0 Å². The van der Waals surface area contributed by atoms with Gasteiger partial charge in [0, 0.05) is 18.4 Å². The van der Waals surface area contributed by atoms with Crippen LogP contribution in [0.25, 0.3) is 5.65 Å². The Morgan fingerprint density at radius 1 is 1.15 bits per heavy atom. The molecule has 0 unspecified atom stereocenters. The lowest BCUT2D eigenvalue weighted by atomic mass is 10.1. The zero-order valence-electron chi connectivity index (χ0n) is 10.8. The Bertz CT molecular complexity index is 720. The van der Waals surface area contributed by atoms with Crippen LogP contribution < -0.4 is 11.1 Å². The first-order chi connectivity index (χ1) is 9.70. The normalized spacial score (nSPS) is 10.8. The lowest BCUT2D eigenvalue weighted by Gasteiger charge is -2.02. The number of nitrogens with two attached hydrogens (primary N) is 1. The summed E-state index contributed by atoms with van der Waals surface area (Å²) in [6.07, 6.45) is 2.62. The fraction of sp³-hybridized carbons (Fsp3) is 0.143. The zero-order valence-corrected chi connectivity index (χ0v) is 11.5. The fourth-order valence-electron chi connectivity index (χ4n) is 1.94. The van der Waals surface area contributed by atoms with E-state index >= 15 is 0 Å². The molecule has 0 saturated heterocycles. The van der Waals surface area contributed by atoms with Crippen LogP contribution in [0.3, 0.4) is 0 Å². The van der Waals surface area contributed by atoms with Crippen LogP contribution in [-0.4, -0.2) is 21.1 Å². The minimum atomic E-state index is 0.600. The monoisotopic (exact) mass is 287 g/mol. The van der Waals surface area contributed by atoms with Gasteiger partial charge in [0.05, 0.1) is 5.02 Å². The van der Waals surface area contributed by atoms with Crippen LogP contribution in [0.2, 0.25) is 5.02 Å². The number of hydrogen-bond acceptors (Lipinski definition) is 4. The van der Waals surface area contributed by atoms with Crippen LogP contribution in [-0.2, 0) is 6.42 Å². The zero-order chi connectivity index (χ0) is 13.9. The van der Waals surface area contributed by atoms with Crippen molar-refractivity contribution in [3.05, 3.63) is 53.2 Å². The van der Waals surface area contributed by atoms with E-state index in [1.165, 1.54) is 5.56 Å². The number of benzene rings is 1. The number of halogens is 1. The highest BCUT2D eigenvalue weighted by Gasteiger charge is 2.03. The van der Waals surface area contributed by atoms with Gasteiger partial charge in [-0.15, -0.1) is 5.10 Å². The number of anilines is 2. The molecule has 20 heavy (non-hydrogen) atoms. The molecule has 0 aliphatic rings. The summed E-state index contributed by atoms with van der Waals surface area (Å²) in [5.74, 6) is 0.600. The Labute approximate surface area is 121 Å². The number of nitrogens with zero attached hydrogens (tertiary/aromatic N) is 3. The van der Waals surface area contributed by atoms with E-state index in [2.05, 4.69) is 15.4 Å². The lowest BCUT2D eigenvalue weighted by molar-refractivity contribution is 0.937. The van der Waals surface area contributed by atoms with Crippen LogP contribution in [0.15, 0.2) is 42.6 Å². The van der Waals surface area contributed by atoms with E-state index in [4.69, 9.17) is 17.3 Å². The quantitative estimate of drug-likeness (QED) is 0.724. The van der Waals surface area contributed by atoms with Crippen molar-refractivity contribution >= 4 is 28.9 Å². The molecule has 102 valence electrons. The molecule has 0 saturated carbocycles. The third-order valence-corrected chi connectivity index (χ3v) is 3.19. The molecule has 0 aliphatic heterocycles. The van der Waals surface area contributed by atoms with Gasteiger partial charge < -0.3 is 11.1 Å². The van der Waals surface area contributed by atoms with Gasteiger partial charge in [0.25, 0.3) is 0 Å². The van der Waals surface area contributed by atoms with Gasteiger partial charge in [-0.25, -0.2) is 4.52 Å². The molecule has 6 heteroatoms. The number of hydrogen-bond donors (Lipinski definition) is 2. The Balaban J connectivity index is 1.63. The first kappa shape index (κ1) is 12.7. The van der Waals surface area contributed by atoms with Crippen LogP contribution in [0.5, 0.6) is 0 Å². The smallest absolute Gasteiger partial charge is 0.243 e. The third kappa shape index (κ3) is 2.83. The van der Waals surface area contributed by atoms with Crippen LogP contribution in [0.4, 0.5) is 11.6 Å². The highest BCUT2D eigenvalue weighted by atomic mass is 35.5. The van der Waals surface area contributed by atoms with Crippen molar-refractivity contribution in [3.8, 4) is 0 Å². The van der Waals surface area contributed by atoms with Gasteiger partial charge in [-0.2, -0.15) is 4.98 Å². The number of nitrogen functional groups attached to an aromatic ring is 1. The summed E-state index contributed by atoms with van der Waals surface area (Å²) in [6, 6.07) is 11.5. The van der Waals surface area contributed by atoms with Crippen molar-refractivity contribution < 1.29 is 0 Å². The molecule has 0 radical (unpaired) electrons. The Morgan fingerprint density at radius 2 is 1.95 bits per heavy atom. The van der Waals surface area contributed by atoms with Crippen LogP contribution in [0, 0.1) is 0 Å². The van der Waals surface area contributed by atoms with Crippen molar-refractivity contribution in [3.63, 3.8) is 0 Å². The van der Waals surface area contributed by atoms with Crippen molar-refractivity contribution in [2.24, 2.45) is 0 Å². The first-order valence-corrected chi connectivity index (χ1v) is 6.69. The number of pyridine rings is 1. The van der Waals surface area contributed by atoms with Gasteiger partial charge in [0.15, 0.2) is 5.65 Å². The van der Waals surface area contributed by atoms with Crippen LogP contribution in [0.1, 0.15) is 5.56 Å². The first-order valence-electron chi connectivity index (χ1n) is 6.31.